The van der Waals surface area contributed by atoms with E-state index in [1.165, 1.54) is 5.56 Å². The number of benzene rings is 1. The lowest BCUT2D eigenvalue weighted by molar-refractivity contribution is 0.176. The van der Waals surface area contributed by atoms with E-state index in [0.29, 0.717) is 18.6 Å². The van der Waals surface area contributed by atoms with Gasteiger partial charge in [0.1, 0.15) is 0 Å². The molecule has 1 saturated heterocycles. The summed E-state index contributed by atoms with van der Waals surface area (Å²) in [6, 6.07) is 8.29. The summed E-state index contributed by atoms with van der Waals surface area (Å²) in [6.45, 7) is 1.27. The van der Waals surface area contributed by atoms with Crippen molar-refractivity contribution >= 4 is 11.6 Å². The molecule has 0 amide bonds. The zero-order chi connectivity index (χ0) is 10.7. The van der Waals surface area contributed by atoms with Crippen molar-refractivity contribution in [2.45, 2.75) is 18.9 Å². The molecule has 2 atom stereocenters. The van der Waals surface area contributed by atoms with Crippen molar-refractivity contribution in [2.24, 2.45) is 5.92 Å². The molecule has 1 fully saturated rings. The van der Waals surface area contributed by atoms with Gasteiger partial charge in [0.05, 0.1) is 0 Å². The van der Waals surface area contributed by atoms with Gasteiger partial charge in [-0.25, -0.2) is 0 Å². The van der Waals surface area contributed by atoms with Gasteiger partial charge < -0.3 is 10.4 Å². The highest BCUT2D eigenvalue weighted by atomic mass is 35.5. The molecule has 0 saturated carbocycles. The Hall–Kier alpha value is -0.570. The van der Waals surface area contributed by atoms with E-state index in [-0.39, 0.29) is 0 Å². The van der Waals surface area contributed by atoms with Crippen LogP contribution in [0.15, 0.2) is 24.3 Å². The maximum absolute atomic E-state index is 9.16. The van der Waals surface area contributed by atoms with Gasteiger partial charge in [0.15, 0.2) is 0 Å². The maximum atomic E-state index is 9.16. The number of halogens is 1. The third kappa shape index (κ3) is 2.71. The summed E-state index contributed by atoms with van der Waals surface area (Å²) < 4.78 is 0. The number of nitrogens with one attached hydrogen (secondary N) is 1. The molecule has 1 aromatic carbocycles. The third-order valence-electron chi connectivity index (χ3n) is 3.02. The first-order valence-corrected chi connectivity index (χ1v) is 5.77. The fourth-order valence-electron chi connectivity index (χ4n) is 2.14. The van der Waals surface area contributed by atoms with E-state index in [1.54, 1.807) is 0 Å². The predicted octanol–water partition coefficient (Wildman–Crippen LogP) is 2.37. The Bertz CT molecular complexity index is 329. The summed E-state index contributed by atoms with van der Waals surface area (Å²) in [6.07, 6.45) is 2.06. The van der Waals surface area contributed by atoms with Crippen molar-refractivity contribution < 1.29 is 5.11 Å². The fraction of sp³-hybridized carbons (Fsp3) is 0.500. The number of hydrogen-bond acceptors (Lipinski definition) is 2. The van der Waals surface area contributed by atoms with Gasteiger partial charge in [-0.05, 0) is 43.0 Å². The number of piperidine rings is 1. The smallest absolute Gasteiger partial charge is 0.0460 e. The van der Waals surface area contributed by atoms with Crippen molar-refractivity contribution in [2.75, 3.05) is 13.2 Å². The first-order valence-electron chi connectivity index (χ1n) is 5.39. The van der Waals surface area contributed by atoms with Crippen LogP contribution in [0.5, 0.6) is 0 Å². The molecule has 0 radical (unpaired) electrons. The Morgan fingerprint density at radius 1 is 1.47 bits per heavy atom. The zero-order valence-electron chi connectivity index (χ0n) is 8.62. The molecular formula is C12H16ClNO. The lowest BCUT2D eigenvalue weighted by atomic mass is 9.89. The van der Waals surface area contributed by atoms with E-state index in [0.717, 1.165) is 24.4 Å². The standard InChI is InChI=1S/C12H16ClNO/c13-11-3-1-2-10(7-11)12-6-9(8-15)4-5-14-12/h1-3,7,9,12,14-15H,4-6,8H2. The summed E-state index contributed by atoms with van der Waals surface area (Å²) >= 11 is 5.96. The molecule has 1 aliphatic heterocycles. The molecule has 1 aromatic rings. The summed E-state index contributed by atoms with van der Waals surface area (Å²) in [5, 5.41) is 13.4. The van der Waals surface area contributed by atoms with Crippen LogP contribution < -0.4 is 5.32 Å². The minimum atomic E-state index is 0.290. The van der Waals surface area contributed by atoms with Crippen molar-refractivity contribution in [1.82, 2.24) is 5.32 Å². The molecule has 2 unspecified atom stereocenters. The number of hydrogen-bond donors (Lipinski definition) is 2. The van der Waals surface area contributed by atoms with Gasteiger partial charge in [0.25, 0.3) is 0 Å². The highest BCUT2D eigenvalue weighted by Gasteiger charge is 2.21. The third-order valence-corrected chi connectivity index (χ3v) is 3.26. The second kappa shape index (κ2) is 4.97. The van der Waals surface area contributed by atoms with E-state index >= 15 is 0 Å². The van der Waals surface area contributed by atoms with E-state index in [2.05, 4.69) is 11.4 Å². The molecule has 2 rings (SSSR count). The van der Waals surface area contributed by atoms with E-state index in [1.807, 2.05) is 18.2 Å². The topological polar surface area (TPSA) is 32.3 Å². The lowest BCUT2D eigenvalue weighted by Crippen LogP contribution is -2.33. The maximum Gasteiger partial charge on any atom is 0.0460 e. The Kier molecular flexibility index (Phi) is 3.62. The Balaban J connectivity index is 2.09. The van der Waals surface area contributed by atoms with Gasteiger partial charge in [-0.3, -0.25) is 0 Å². The monoisotopic (exact) mass is 225 g/mol. The number of aliphatic hydroxyl groups excluding tert-OH is 1. The minimum Gasteiger partial charge on any atom is -0.396 e. The van der Waals surface area contributed by atoms with Gasteiger partial charge in [-0.1, -0.05) is 23.7 Å². The van der Waals surface area contributed by atoms with Crippen molar-refractivity contribution in [3.8, 4) is 0 Å². The molecule has 2 N–H and O–H groups in total. The average molecular weight is 226 g/mol. The van der Waals surface area contributed by atoms with Crippen molar-refractivity contribution in [3.63, 3.8) is 0 Å². The first-order chi connectivity index (χ1) is 7.29. The van der Waals surface area contributed by atoms with Crippen molar-refractivity contribution in [1.29, 1.82) is 0 Å². The van der Waals surface area contributed by atoms with E-state index in [4.69, 9.17) is 16.7 Å². The largest absolute Gasteiger partial charge is 0.396 e. The molecule has 0 aromatic heterocycles. The molecule has 15 heavy (non-hydrogen) atoms. The molecule has 0 aliphatic carbocycles. The molecule has 1 heterocycles. The van der Waals surface area contributed by atoms with Crippen LogP contribution in [0.2, 0.25) is 5.02 Å². The van der Waals surface area contributed by atoms with Gasteiger partial charge >= 0.3 is 0 Å². The van der Waals surface area contributed by atoms with Crippen LogP contribution in [0.1, 0.15) is 24.4 Å². The fourth-order valence-corrected chi connectivity index (χ4v) is 2.34. The summed E-state index contributed by atoms with van der Waals surface area (Å²) in [5.74, 6) is 0.426. The molecule has 82 valence electrons. The van der Waals surface area contributed by atoms with Crippen LogP contribution in [-0.4, -0.2) is 18.3 Å². The Morgan fingerprint density at radius 2 is 2.33 bits per heavy atom. The lowest BCUT2D eigenvalue weighted by Gasteiger charge is -2.29. The molecule has 2 nitrogen and oxygen atoms in total. The molecular weight excluding hydrogens is 210 g/mol. The van der Waals surface area contributed by atoms with Gasteiger partial charge in [-0.15, -0.1) is 0 Å². The van der Waals surface area contributed by atoms with Gasteiger partial charge in [-0.2, -0.15) is 0 Å². The Labute approximate surface area is 95.3 Å². The van der Waals surface area contributed by atoms with Crippen LogP contribution in [0.3, 0.4) is 0 Å². The number of aliphatic hydroxyl groups is 1. The highest BCUT2D eigenvalue weighted by Crippen LogP contribution is 2.28. The predicted molar refractivity (Wildman–Crippen MR) is 62.0 cm³/mol. The molecule has 1 aliphatic rings. The van der Waals surface area contributed by atoms with Crippen LogP contribution in [0.4, 0.5) is 0 Å². The molecule has 0 spiro atoms. The SMILES string of the molecule is OCC1CCNC(c2cccc(Cl)c2)C1. The van der Waals surface area contributed by atoms with Gasteiger partial charge in [0, 0.05) is 17.7 Å². The van der Waals surface area contributed by atoms with E-state index < -0.39 is 0 Å². The first kappa shape index (κ1) is 10.9. The second-order valence-corrected chi connectivity index (χ2v) is 4.57. The van der Waals surface area contributed by atoms with Crippen LogP contribution in [0, 0.1) is 5.92 Å². The highest BCUT2D eigenvalue weighted by molar-refractivity contribution is 6.30. The summed E-state index contributed by atoms with van der Waals surface area (Å²) in [4.78, 5) is 0. The quantitative estimate of drug-likeness (QED) is 0.810. The zero-order valence-corrected chi connectivity index (χ0v) is 9.37. The van der Waals surface area contributed by atoms with Crippen LogP contribution in [0.25, 0.3) is 0 Å². The van der Waals surface area contributed by atoms with Crippen LogP contribution in [-0.2, 0) is 0 Å². The Morgan fingerprint density at radius 3 is 3.07 bits per heavy atom. The molecule has 3 heteroatoms. The summed E-state index contributed by atoms with van der Waals surface area (Å²) in [5.41, 5.74) is 1.22. The number of rotatable bonds is 2. The van der Waals surface area contributed by atoms with Crippen LogP contribution >= 0.6 is 11.6 Å². The second-order valence-electron chi connectivity index (χ2n) is 4.13. The minimum absolute atomic E-state index is 0.290. The normalized spacial score (nSPS) is 26.5. The van der Waals surface area contributed by atoms with Gasteiger partial charge in [0.2, 0.25) is 0 Å². The van der Waals surface area contributed by atoms with Crippen molar-refractivity contribution in [3.05, 3.63) is 34.9 Å². The average Bonchev–Trinajstić information content (AvgIpc) is 2.29. The summed E-state index contributed by atoms with van der Waals surface area (Å²) in [7, 11) is 0. The van der Waals surface area contributed by atoms with E-state index in [9.17, 15) is 0 Å². The molecule has 0 bridgehead atoms.